The summed E-state index contributed by atoms with van der Waals surface area (Å²) in [6, 6.07) is 20.0. The molecule has 4 rings (SSSR count). The van der Waals surface area contributed by atoms with E-state index in [1.807, 2.05) is 62.4 Å². The first kappa shape index (κ1) is 18.7. The van der Waals surface area contributed by atoms with Gasteiger partial charge in [-0.3, -0.25) is 0 Å². The molecule has 4 nitrogen and oxygen atoms in total. The first-order valence-corrected chi connectivity index (χ1v) is 9.37. The van der Waals surface area contributed by atoms with Crippen molar-refractivity contribution >= 4 is 34.8 Å². The van der Waals surface area contributed by atoms with Crippen LogP contribution in [0.15, 0.2) is 65.1 Å². The number of fused-ring (bicyclic) bond motifs is 3. The van der Waals surface area contributed by atoms with E-state index in [-0.39, 0.29) is 0 Å². The van der Waals surface area contributed by atoms with Crippen LogP contribution in [0.2, 0.25) is 0 Å². The Bertz CT molecular complexity index is 1140. The lowest BCUT2D eigenvalue weighted by Gasteiger charge is -2.37. The molecule has 1 heterocycles. The molecule has 0 aliphatic carbocycles. The minimum absolute atomic E-state index is 0.573. The third-order valence-corrected chi connectivity index (χ3v) is 5.38. The van der Waals surface area contributed by atoms with Crippen molar-refractivity contribution in [2.24, 2.45) is 0 Å². The average Bonchev–Trinajstić information content (AvgIpc) is 3.11. The van der Waals surface area contributed by atoms with E-state index in [9.17, 15) is 5.11 Å². The lowest BCUT2D eigenvalue weighted by Crippen LogP contribution is -2.49. The maximum Gasteiger partial charge on any atom is 0.330 e. The fourth-order valence-corrected chi connectivity index (χ4v) is 2.89. The van der Waals surface area contributed by atoms with Crippen LogP contribution < -0.4 is 5.46 Å². The molecule has 5 heteroatoms. The second-order valence-electron chi connectivity index (χ2n) is 8.08. The van der Waals surface area contributed by atoms with E-state index in [0.717, 1.165) is 32.9 Å². The number of nitrogens with zero attached hydrogens (tertiary/aromatic N) is 1. The lowest BCUT2D eigenvalue weighted by atomic mass is 9.82. The van der Waals surface area contributed by atoms with Gasteiger partial charge in [-0.05, 0) is 45.2 Å². The maximum atomic E-state index is 10.3. The zero-order valence-corrected chi connectivity index (χ0v) is 16.6. The zero-order valence-electron chi connectivity index (χ0n) is 16.6. The van der Waals surface area contributed by atoms with E-state index in [1.165, 1.54) is 0 Å². The van der Waals surface area contributed by atoms with Gasteiger partial charge in [0.05, 0.1) is 11.2 Å². The van der Waals surface area contributed by atoms with Crippen LogP contribution in [0.4, 0.5) is 0 Å². The molecule has 28 heavy (non-hydrogen) atoms. The van der Waals surface area contributed by atoms with Gasteiger partial charge in [0.15, 0.2) is 5.58 Å². The van der Waals surface area contributed by atoms with Gasteiger partial charge in [-0.25, -0.2) is 4.98 Å². The van der Waals surface area contributed by atoms with Crippen LogP contribution in [-0.4, -0.2) is 28.8 Å². The molecule has 0 aliphatic heterocycles. The maximum absolute atomic E-state index is 10.3. The van der Waals surface area contributed by atoms with Gasteiger partial charge >= 0.3 is 7.48 Å². The summed E-state index contributed by atoms with van der Waals surface area (Å²) in [6.07, 6.45) is 0. The third-order valence-electron chi connectivity index (χ3n) is 5.38. The SMILES string of the molecule is CC(C)(O)C(C)(C)O[B]c1cccc(-c2nc3c(ccc4ccccc43)o2)c1. The van der Waals surface area contributed by atoms with Gasteiger partial charge < -0.3 is 14.2 Å². The van der Waals surface area contributed by atoms with Crippen LogP contribution in [0.1, 0.15) is 27.7 Å². The molecule has 4 aromatic rings. The van der Waals surface area contributed by atoms with Crippen LogP contribution in [0.5, 0.6) is 0 Å². The zero-order chi connectivity index (χ0) is 19.9. The molecule has 0 saturated heterocycles. The molecule has 0 spiro atoms. The van der Waals surface area contributed by atoms with Crippen LogP contribution in [-0.2, 0) is 4.65 Å². The van der Waals surface area contributed by atoms with Crippen molar-refractivity contribution in [3.63, 3.8) is 0 Å². The largest absolute Gasteiger partial charge is 0.436 e. The summed E-state index contributed by atoms with van der Waals surface area (Å²) in [6.45, 7) is 7.19. The molecule has 0 unspecified atom stereocenters. The van der Waals surface area contributed by atoms with Gasteiger partial charge in [0.25, 0.3) is 0 Å². The molecule has 1 radical (unpaired) electrons. The Balaban J connectivity index is 1.65. The fourth-order valence-electron chi connectivity index (χ4n) is 2.89. The van der Waals surface area contributed by atoms with Crippen molar-refractivity contribution in [3.05, 3.63) is 60.7 Å². The summed E-state index contributed by atoms with van der Waals surface area (Å²) in [5.41, 5.74) is 1.69. The van der Waals surface area contributed by atoms with Gasteiger partial charge in [0.2, 0.25) is 5.89 Å². The number of hydrogen-bond acceptors (Lipinski definition) is 4. The molecule has 0 saturated carbocycles. The molecule has 0 fully saturated rings. The number of benzene rings is 3. The lowest BCUT2D eigenvalue weighted by molar-refractivity contribution is -0.0893. The van der Waals surface area contributed by atoms with E-state index in [0.29, 0.717) is 5.89 Å². The van der Waals surface area contributed by atoms with Crippen LogP contribution in [0, 0.1) is 0 Å². The molecule has 141 valence electrons. The van der Waals surface area contributed by atoms with E-state index < -0.39 is 11.2 Å². The number of rotatable bonds is 5. The van der Waals surface area contributed by atoms with Crippen LogP contribution in [0.3, 0.4) is 0 Å². The Morgan fingerprint density at radius 3 is 2.54 bits per heavy atom. The average molecular weight is 372 g/mol. The highest BCUT2D eigenvalue weighted by molar-refractivity contribution is 6.47. The van der Waals surface area contributed by atoms with Crippen molar-refractivity contribution in [2.75, 3.05) is 0 Å². The number of oxazole rings is 1. The summed E-state index contributed by atoms with van der Waals surface area (Å²) in [5, 5.41) is 12.5. The van der Waals surface area contributed by atoms with Crippen molar-refractivity contribution in [1.82, 2.24) is 4.98 Å². The molecule has 1 N–H and O–H groups in total. The molecule has 0 atom stereocenters. The summed E-state index contributed by atoms with van der Waals surface area (Å²) in [7, 11) is 1.67. The predicted octanol–water partition coefficient (Wildman–Crippen LogP) is 4.46. The standard InChI is InChI=1S/C23H23BNO3/c1-22(2,26)23(3,4)28-24-17-10-7-9-16(14-17)21-25-20-18-11-6-5-8-15(18)12-13-19(20)27-21/h5-14,26H,1-4H3. The third kappa shape index (κ3) is 3.43. The van der Waals surface area contributed by atoms with E-state index >= 15 is 0 Å². The van der Waals surface area contributed by atoms with Crippen molar-refractivity contribution < 1.29 is 14.2 Å². The second-order valence-corrected chi connectivity index (χ2v) is 8.08. The molecular formula is C23H23BNO3. The van der Waals surface area contributed by atoms with Gasteiger partial charge in [0.1, 0.15) is 5.52 Å². The van der Waals surface area contributed by atoms with E-state index in [1.54, 1.807) is 21.3 Å². The predicted molar refractivity (Wildman–Crippen MR) is 114 cm³/mol. The first-order valence-electron chi connectivity index (χ1n) is 9.37. The van der Waals surface area contributed by atoms with Gasteiger partial charge in [-0.15, -0.1) is 0 Å². The van der Waals surface area contributed by atoms with Gasteiger partial charge in [0, 0.05) is 10.9 Å². The number of aromatic nitrogens is 1. The number of hydrogen-bond donors (Lipinski definition) is 1. The van der Waals surface area contributed by atoms with Crippen LogP contribution >= 0.6 is 0 Å². The minimum atomic E-state index is -0.970. The quantitative estimate of drug-likeness (QED) is 0.526. The summed E-state index contributed by atoms with van der Waals surface area (Å²) in [5.74, 6) is 0.573. The molecular weight excluding hydrogens is 349 g/mol. The highest BCUT2D eigenvalue weighted by atomic mass is 16.5. The summed E-state index contributed by atoms with van der Waals surface area (Å²) >= 11 is 0. The molecule has 1 aromatic heterocycles. The topological polar surface area (TPSA) is 55.5 Å². The highest BCUT2D eigenvalue weighted by Gasteiger charge is 2.35. The Morgan fingerprint density at radius 1 is 0.964 bits per heavy atom. The van der Waals surface area contributed by atoms with Gasteiger partial charge in [-0.2, -0.15) is 0 Å². The van der Waals surface area contributed by atoms with Crippen molar-refractivity contribution in [2.45, 2.75) is 38.9 Å². The van der Waals surface area contributed by atoms with Crippen molar-refractivity contribution in [1.29, 1.82) is 0 Å². The Labute approximate surface area is 165 Å². The first-order chi connectivity index (χ1) is 13.2. The number of aliphatic hydroxyl groups is 1. The summed E-state index contributed by atoms with van der Waals surface area (Å²) < 4.78 is 11.9. The molecule has 0 amide bonds. The molecule has 3 aromatic carbocycles. The second kappa shape index (κ2) is 6.76. The Hall–Kier alpha value is -2.63. The Morgan fingerprint density at radius 2 is 1.75 bits per heavy atom. The fraction of sp³-hybridized carbons (Fsp3) is 0.261. The van der Waals surface area contributed by atoms with Crippen molar-refractivity contribution in [3.8, 4) is 11.5 Å². The molecule has 0 aliphatic rings. The monoisotopic (exact) mass is 372 g/mol. The minimum Gasteiger partial charge on any atom is -0.436 e. The Kier molecular flexibility index (Phi) is 4.52. The van der Waals surface area contributed by atoms with Crippen LogP contribution in [0.25, 0.3) is 33.3 Å². The highest BCUT2D eigenvalue weighted by Crippen LogP contribution is 2.29. The smallest absolute Gasteiger partial charge is 0.330 e. The summed E-state index contributed by atoms with van der Waals surface area (Å²) in [4.78, 5) is 4.74. The normalized spacial score (nSPS) is 12.6. The molecule has 0 bridgehead atoms. The van der Waals surface area contributed by atoms with E-state index in [2.05, 4.69) is 12.1 Å². The van der Waals surface area contributed by atoms with E-state index in [4.69, 9.17) is 14.1 Å². The van der Waals surface area contributed by atoms with Gasteiger partial charge in [-0.1, -0.05) is 54.0 Å².